The van der Waals surface area contributed by atoms with Crippen LogP contribution in [0.3, 0.4) is 0 Å². The summed E-state index contributed by atoms with van der Waals surface area (Å²) in [4.78, 5) is 26.6. The third kappa shape index (κ3) is 3.56. The van der Waals surface area contributed by atoms with Gasteiger partial charge in [0.15, 0.2) is 0 Å². The van der Waals surface area contributed by atoms with Crippen LogP contribution in [0.2, 0.25) is 0 Å². The Labute approximate surface area is 104 Å². The lowest BCUT2D eigenvalue weighted by Gasteiger charge is -2.19. The third-order valence-electron chi connectivity index (χ3n) is 2.46. The first-order chi connectivity index (χ1) is 8.56. The van der Waals surface area contributed by atoms with E-state index in [0.29, 0.717) is 0 Å². The number of aromatic nitrogens is 1. The molecule has 0 aliphatic rings. The van der Waals surface area contributed by atoms with Gasteiger partial charge in [-0.3, -0.25) is 9.78 Å². The Morgan fingerprint density at radius 3 is 2.83 bits per heavy atom. The number of aliphatic carboxylic acids is 1. The highest BCUT2D eigenvalue weighted by atomic mass is 16.4. The lowest BCUT2D eigenvalue weighted by atomic mass is 9.99. The van der Waals surface area contributed by atoms with Crippen LogP contribution in [0.4, 0.5) is 0 Å². The van der Waals surface area contributed by atoms with Crippen molar-refractivity contribution in [3.63, 3.8) is 0 Å². The van der Waals surface area contributed by atoms with Gasteiger partial charge in [-0.25, -0.2) is 4.79 Å². The van der Waals surface area contributed by atoms with Crippen LogP contribution in [0, 0.1) is 17.2 Å². The van der Waals surface area contributed by atoms with Gasteiger partial charge in [0, 0.05) is 24.7 Å². The van der Waals surface area contributed by atoms with Crippen molar-refractivity contribution < 1.29 is 14.7 Å². The van der Waals surface area contributed by atoms with Gasteiger partial charge in [0.1, 0.15) is 6.04 Å². The summed E-state index contributed by atoms with van der Waals surface area (Å²) in [6.45, 7) is 1.60. The van der Waals surface area contributed by atoms with E-state index in [1.54, 1.807) is 13.0 Å². The Kier molecular flexibility index (Phi) is 4.81. The quantitative estimate of drug-likeness (QED) is 0.801. The fourth-order valence-electron chi connectivity index (χ4n) is 1.43. The summed E-state index contributed by atoms with van der Waals surface area (Å²) in [5, 5.41) is 20.0. The lowest BCUT2D eigenvalue weighted by Crippen LogP contribution is -2.45. The van der Waals surface area contributed by atoms with Crippen LogP contribution in [0.15, 0.2) is 24.5 Å². The van der Waals surface area contributed by atoms with Crippen LogP contribution < -0.4 is 5.32 Å². The number of amides is 1. The van der Waals surface area contributed by atoms with Gasteiger partial charge in [0.25, 0.3) is 5.91 Å². The highest BCUT2D eigenvalue weighted by molar-refractivity contribution is 5.96. The second-order valence-electron chi connectivity index (χ2n) is 3.87. The molecule has 1 heterocycles. The number of carbonyl (C=O) groups excluding carboxylic acids is 1. The van der Waals surface area contributed by atoms with Crippen LogP contribution in [-0.4, -0.2) is 28.0 Å². The molecule has 6 heteroatoms. The molecule has 0 saturated heterocycles. The van der Waals surface area contributed by atoms with Crippen molar-refractivity contribution in [2.24, 2.45) is 5.92 Å². The second kappa shape index (κ2) is 6.35. The molecule has 0 spiro atoms. The fourth-order valence-corrected chi connectivity index (χ4v) is 1.43. The van der Waals surface area contributed by atoms with E-state index >= 15 is 0 Å². The minimum atomic E-state index is -1.16. The molecule has 1 aromatic heterocycles. The molecule has 94 valence electrons. The maximum Gasteiger partial charge on any atom is 0.326 e. The molecule has 18 heavy (non-hydrogen) atoms. The molecule has 0 aliphatic heterocycles. The van der Waals surface area contributed by atoms with Crippen molar-refractivity contribution in [2.75, 3.05) is 0 Å². The first kappa shape index (κ1) is 13.6. The number of pyridine rings is 1. The summed E-state index contributed by atoms with van der Waals surface area (Å²) in [6, 6.07) is 3.93. The SMILES string of the molecule is C[C@H](CC#N)[C@@H](NC(=O)c1cccnc1)C(=O)O. The van der Waals surface area contributed by atoms with Gasteiger partial charge in [-0.15, -0.1) is 0 Å². The molecule has 2 atom stereocenters. The van der Waals surface area contributed by atoms with E-state index < -0.39 is 23.8 Å². The van der Waals surface area contributed by atoms with E-state index in [1.165, 1.54) is 18.5 Å². The molecule has 0 saturated carbocycles. The zero-order valence-electron chi connectivity index (χ0n) is 9.83. The van der Waals surface area contributed by atoms with Crippen LogP contribution >= 0.6 is 0 Å². The van der Waals surface area contributed by atoms with Crippen molar-refractivity contribution >= 4 is 11.9 Å². The van der Waals surface area contributed by atoms with E-state index in [2.05, 4.69) is 10.3 Å². The van der Waals surface area contributed by atoms with Gasteiger partial charge in [-0.05, 0) is 12.1 Å². The molecule has 1 amide bonds. The Bertz CT molecular complexity index is 467. The normalized spacial score (nSPS) is 13.1. The summed E-state index contributed by atoms with van der Waals surface area (Å²) < 4.78 is 0. The number of rotatable bonds is 5. The lowest BCUT2D eigenvalue weighted by molar-refractivity contribution is -0.140. The average molecular weight is 247 g/mol. The van der Waals surface area contributed by atoms with Crippen LogP contribution in [0.25, 0.3) is 0 Å². The number of carboxylic acids is 1. The molecule has 1 rings (SSSR count). The molecule has 0 unspecified atom stereocenters. The average Bonchev–Trinajstić information content (AvgIpc) is 2.36. The highest BCUT2D eigenvalue weighted by Gasteiger charge is 2.26. The number of carboxylic acid groups (broad SMARTS) is 1. The maximum atomic E-state index is 11.8. The summed E-state index contributed by atoms with van der Waals surface area (Å²) in [7, 11) is 0. The first-order valence-electron chi connectivity index (χ1n) is 5.37. The minimum Gasteiger partial charge on any atom is -0.480 e. The minimum absolute atomic E-state index is 0.0598. The van der Waals surface area contributed by atoms with E-state index in [4.69, 9.17) is 10.4 Å². The predicted octanol–water partition coefficient (Wildman–Crippen LogP) is 0.814. The van der Waals surface area contributed by atoms with E-state index in [0.717, 1.165) is 0 Å². The molecule has 0 bridgehead atoms. The summed E-state index contributed by atoms with van der Waals surface area (Å²) in [6.07, 6.45) is 2.93. The van der Waals surface area contributed by atoms with Crippen molar-refractivity contribution in [2.45, 2.75) is 19.4 Å². The topological polar surface area (TPSA) is 103 Å². The molecular weight excluding hydrogens is 234 g/mol. The molecule has 0 radical (unpaired) electrons. The van der Waals surface area contributed by atoms with Gasteiger partial charge in [-0.2, -0.15) is 5.26 Å². The second-order valence-corrected chi connectivity index (χ2v) is 3.87. The standard InChI is InChI=1S/C12H13N3O3/c1-8(4-5-13)10(12(17)18)15-11(16)9-3-2-6-14-7-9/h2-3,6-8,10H,4H2,1H3,(H,15,16)(H,17,18)/t8-,10-/m1/s1. The Morgan fingerprint density at radius 2 is 2.33 bits per heavy atom. The van der Waals surface area contributed by atoms with Gasteiger partial charge in [0.05, 0.1) is 11.6 Å². The van der Waals surface area contributed by atoms with Crippen molar-refractivity contribution in [3.8, 4) is 6.07 Å². The largest absolute Gasteiger partial charge is 0.480 e. The summed E-state index contributed by atoms with van der Waals surface area (Å²) >= 11 is 0. The fraction of sp³-hybridized carbons (Fsp3) is 0.333. The van der Waals surface area contributed by atoms with E-state index in [-0.39, 0.29) is 12.0 Å². The smallest absolute Gasteiger partial charge is 0.326 e. The Morgan fingerprint density at radius 1 is 1.61 bits per heavy atom. The first-order valence-corrected chi connectivity index (χ1v) is 5.37. The van der Waals surface area contributed by atoms with Crippen LogP contribution in [0.5, 0.6) is 0 Å². The van der Waals surface area contributed by atoms with Crippen molar-refractivity contribution in [1.82, 2.24) is 10.3 Å². The van der Waals surface area contributed by atoms with Gasteiger partial charge < -0.3 is 10.4 Å². The van der Waals surface area contributed by atoms with E-state index in [1.807, 2.05) is 6.07 Å². The molecule has 6 nitrogen and oxygen atoms in total. The van der Waals surface area contributed by atoms with Crippen LogP contribution in [-0.2, 0) is 4.79 Å². The highest BCUT2D eigenvalue weighted by Crippen LogP contribution is 2.09. The van der Waals surface area contributed by atoms with Gasteiger partial charge >= 0.3 is 5.97 Å². The third-order valence-corrected chi connectivity index (χ3v) is 2.46. The zero-order valence-corrected chi connectivity index (χ0v) is 9.83. The summed E-state index contributed by atoms with van der Waals surface area (Å²) in [5.74, 6) is -2.14. The van der Waals surface area contributed by atoms with Gasteiger partial charge in [-0.1, -0.05) is 6.92 Å². The summed E-state index contributed by atoms with van der Waals surface area (Å²) in [5.41, 5.74) is 0.285. The number of nitriles is 1. The molecular formula is C12H13N3O3. The maximum absolute atomic E-state index is 11.8. The number of hydrogen-bond donors (Lipinski definition) is 2. The molecule has 0 aromatic carbocycles. The number of nitrogens with zero attached hydrogens (tertiary/aromatic N) is 2. The van der Waals surface area contributed by atoms with Crippen LogP contribution in [0.1, 0.15) is 23.7 Å². The Hall–Kier alpha value is -2.42. The molecule has 2 N–H and O–H groups in total. The number of nitrogens with one attached hydrogen (secondary N) is 1. The van der Waals surface area contributed by atoms with Crippen molar-refractivity contribution in [1.29, 1.82) is 5.26 Å². The Balaban J connectivity index is 2.77. The van der Waals surface area contributed by atoms with Gasteiger partial charge in [0.2, 0.25) is 0 Å². The molecule has 0 aliphatic carbocycles. The molecule has 0 fully saturated rings. The zero-order chi connectivity index (χ0) is 13.5. The van der Waals surface area contributed by atoms with E-state index in [9.17, 15) is 9.59 Å². The monoisotopic (exact) mass is 247 g/mol. The number of carbonyl (C=O) groups is 2. The van der Waals surface area contributed by atoms with Crippen molar-refractivity contribution in [3.05, 3.63) is 30.1 Å². The predicted molar refractivity (Wildman–Crippen MR) is 62.5 cm³/mol. The molecule has 1 aromatic rings. The number of hydrogen-bond acceptors (Lipinski definition) is 4.